The average Bonchev–Trinajstić information content (AvgIpc) is 3.14. The molecule has 0 spiro atoms. The minimum atomic E-state index is 0.258. The Morgan fingerprint density at radius 1 is 1.30 bits per heavy atom. The summed E-state index contributed by atoms with van der Waals surface area (Å²) in [6.45, 7) is 6.51. The highest BCUT2D eigenvalue weighted by molar-refractivity contribution is 9.10. The molecule has 1 atom stereocenters. The van der Waals surface area contributed by atoms with Crippen LogP contribution < -0.4 is 5.32 Å². The van der Waals surface area contributed by atoms with Gasteiger partial charge in [-0.3, -0.25) is 0 Å². The van der Waals surface area contributed by atoms with Crippen LogP contribution in [0.2, 0.25) is 0 Å². The minimum Gasteiger partial charge on any atom is -0.363 e. The van der Waals surface area contributed by atoms with Crippen molar-refractivity contribution >= 4 is 33.1 Å². The summed E-state index contributed by atoms with van der Waals surface area (Å²) in [4.78, 5) is 11.8. The molecule has 5 heteroatoms. The Hall–Kier alpha value is -0.940. The molecule has 1 fully saturated rings. The van der Waals surface area contributed by atoms with Crippen LogP contribution in [0, 0.1) is 13.8 Å². The number of aryl methyl sites for hydroxylation is 2. The van der Waals surface area contributed by atoms with E-state index in [1.807, 2.05) is 17.4 Å². The summed E-state index contributed by atoms with van der Waals surface area (Å²) in [7, 11) is 0. The predicted octanol–water partition coefficient (Wildman–Crippen LogP) is 4.97. The molecule has 0 aromatic carbocycles. The molecule has 2 heterocycles. The molecule has 1 N–H and O–H groups in total. The van der Waals surface area contributed by atoms with E-state index in [1.165, 1.54) is 28.2 Å². The monoisotopic (exact) mass is 351 g/mol. The summed E-state index contributed by atoms with van der Waals surface area (Å²) >= 11 is 5.33. The van der Waals surface area contributed by atoms with Crippen LogP contribution >= 0.6 is 27.3 Å². The van der Waals surface area contributed by atoms with E-state index >= 15 is 0 Å². The zero-order valence-corrected chi connectivity index (χ0v) is 14.3. The standard InChI is InChI=1S/C15H18BrN3S/c1-8-6-12(10(3)20-8)9(2)17-14-7-13(16)18-15(19-14)11-4-5-11/h6-7,9,11H,4-5H2,1-3H3,(H,17,18,19). The molecule has 2 aromatic rings. The molecule has 0 radical (unpaired) electrons. The van der Waals surface area contributed by atoms with Crippen molar-refractivity contribution in [2.45, 2.75) is 45.6 Å². The molecule has 1 saturated carbocycles. The zero-order valence-electron chi connectivity index (χ0n) is 11.9. The van der Waals surface area contributed by atoms with Crippen LogP contribution in [0.25, 0.3) is 0 Å². The number of hydrogen-bond acceptors (Lipinski definition) is 4. The quantitative estimate of drug-likeness (QED) is 0.790. The van der Waals surface area contributed by atoms with Crippen molar-refractivity contribution in [2.75, 3.05) is 5.32 Å². The lowest BCUT2D eigenvalue weighted by molar-refractivity contribution is 0.848. The Kier molecular flexibility index (Phi) is 3.82. The van der Waals surface area contributed by atoms with Gasteiger partial charge >= 0.3 is 0 Å². The summed E-state index contributed by atoms with van der Waals surface area (Å²) < 4.78 is 0.863. The van der Waals surface area contributed by atoms with Gasteiger partial charge in [0.25, 0.3) is 0 Å². The van der Waals surface area contributed by atoms with Gasteiger partial charge in [-0.05, 0) is 61.2 Å². The van der Waals surface area contributed by atoms with Gasteiger partial charge in [-0.2, -0.15) is 0 Å². The van der Waals surface area contributed by atoms with E-state index in [9.17, 15) is 0 Å². The molecule has 0 saturated heterocycles. The predicted molar refractivity (Wildman–Crippen MR) is 87.5 cm³/mol. The van der Waals surface area contributed by atoms with E-state index in [-0.39, 0.29) is 6.04 Å². The van der Waals surface area contributed by atoms with Crippen molar-refractivity contribution in [1.29, 1.82) is 0 Å². The van der Waals surface area contributed by atoms with Crippen molar-refractivity contribution in [1.82, 2.24) is 9.97 Å². The first-order valence-corrected chi connectivity index (χ1v) is 8.52. The molecule has 0 amide bonds. The fraction of sp³-hybridized carbons (Fsp3) is 0.467. The molecule has 0 aliphatic heterocycles. The summed E-state index contributed by atoms with van der Waals surface area (Å²) in [5.74, 6) is 2.44. The molecule has 20 heavy (non-hydrogen) atoms. The van der Waals surface area contributed by atoms with Crippen LogP contribution in [0.1, 0.15) is 52.9 Å². The van der Waals surface area contributed by atoms with Crippen LogP contribution in [0.15, 0.2) is 16.7 Å². The maximum Gasteiger partial charge on any atom is 0.135 e. The van der Waals surface area contributed by atoms with Crippen molar-refractivity contribution in [3.63, 3.8) is 0 Å². The smallest absolute Gasteiger partial charge is 0.135 e. The molecule has 3 rings (SSSR count). The maximum atomic E-state index is 4.65. The highest BCUT2D eigenvalue weighted by Crippen LogP contribution is 2.39. The van der Waals surface area contributed by atoms with Gasteiger partial charge in [0.15, 0.2) is 0 Å². The molecule has 0 bridgehead atoms. The third-order valence-corrected chi connectivity index (χ3v) is 4.95. The van der Waals surface area contributed by atoms with E-state index in [0.29, 0.717) is 5.92 Å². The maximum absolute atomic E-state index is 4.65. The lowest BCUT2D eigenvalue weighted by atomic mass is 10.1. The van der Waals surface area contributed by atoms with Crippen molar-refractivity contribution in [3.05, 3.63) is 37.9 Å². The molecular formula is C15H18BrN3S. The van der Waals surface area contributed by atoms with E-state index in [4.69, 9.17) is 0 Å². The first-order valence-electron chi connectivity index (χ1n) is 6.91. The van der Waals surface area contributed by atoms with Crippen LogP contribution in [-0.2, 0) is 0 Å². The SMILES string of the molecule is Cc1cc(C(C)Nc2cc(Br)nc(C3CC3)n2)c(C)s1. The third kappa shape index (κ3) is 3.04. The van der Waals surface area contributed by atoms with Crippen LogP contribution in [0.3, 0.4) is 0 Å². The number of aromatic nitrogens is 2. The van der Waals surface area contributed by atoms with Crippen LogP contribution in [0.4, 0.5) is 5.82 Å². The van der Waals surface area contributed by atoms with E-state index in [1.54, 1.807) is 0 Å². The lowest BCUT2D eigenvalue weighted by Crippen LogP contribution is -2.09. The fourth-order valence-electron chi connectivity index (χ4n) is 2.41. The van der Waals surface area contributed by atoms with Crippen molar-refractivity contribution in [2.24, 2.45) is 0 Å². The molecule has 3 nitrogen and oxygen atoms in total. The highest BCUT2D eigenvalue weighted by atomic mass is 79.9. The average molecular weight is 352 g/mol. The van der Waals surface area contributed by atoms with Crippen molar-refractivity contribution < 1.29 is 0 Å². The number of thiophene rings is 1. The normalized spacial score (nSPS) is 16.2. The summed E-state index contributed by atoms with van der Waals surface area (Å²) in [6.07, 6.45) is 2.43. The number of nitrogens with zero attached hydrogens (tertiary/aromatic N) is 2. The molecule has 106 valence electrons. The number of nitrogens with one attached hydrogen (secondary N) is 1. The van der Waals surface area contributed by atoms with Gasteiger partial charge in [-0.25, -0.2) is 9.97 Å². The first kappa shape index (κ1) is 14.0. The Morgan fingerprint density at radius 3 is 2.65 bits per heavy atom. The number of hydrogen-bond donors (Lipinski definition) is 1. The largest absolute Gasteiger partial charge is 0.363 e. The zero-order chi connectivity index (χ0) is 14.3. The topological polar surface area (TPSA) is 37.8 Å². The summed E-state index contributed by atoms with van der Waals surface area (Å²) in [6, 6.07) is 4.47. The van der Waals surface area contributed by atoms with Crippen molar-refractivity contribution in [3.8, 4) is 0 Å². The highest BCUT2D eigenvalue weighted by Gasteiger charge is 2.27. The second-order valence-electron chi connectivity index (χ2n) is 5.44. The number of rotatable bonds is 4. The van der Waals surface area contributed by atoms with Gasteiger partial charge in [0.2, 0.25) is 0 Å². The van der Waals surface area contributed by atoms with Gasteiger partial charge in [0, 0.05) is 21.7 Å². The molecule has 1 aliphatic carbocycles. The van der Waals surface area contributed by atoms with Gasteiger partial charge in [-0.1, -0.05) is 0 Å². The second kappa shape index (κ2) is 5.45. The van der Waals surface area contributed by atoms with Gasteiger partial charge in [0.1, 0.15) is 16.2 Å². The molecule has 2 aromatic heterocycles. The van der Waals surface area contributed by atoms with Crippen LogP contribution in [0.5, 0.6) is 0 Å². The van der Waals surface area contributed by atoms with E-state index < -0.39 is 0 Å². The molecule has 1 unspecified atom stereocenters. The Morgan fingerprint density at radius 2 is 2.05 bits per heavy atom. The number of halogens is 1. The second-order valence-corrected chi connectivity index (χ2v) is 7.72. The summed E-state index contributed by atoms with van der Waals surface area (Å²) in [5.41, 5.74) is 1.36. The van der Waals surface area contributed by atoms with E-state index in [0.717, 1.165) is 16.2 Å². The molecule has 1 aliphatic rings. The van der Waals surface area contributed by atoms with E-state index in [2.05, 4.69) is 58.1 Å². The first-order chi connectivity index (χ1) is 9.52. The van der Waals surface area contributed by atoms with Gasteiger partial charge in [0.05, 0.1) is 6.04 Å². The lowest BCUT2D eigenvalue weighted by Gasteiger charge is -2.15. The van der Waals surface area contributed by atoms with Gasteiger partial charge in [-0.15, -0.1) is 11.3 Å². The Balaban J connectivity index is 1.81. The summed E-state index contributed by atoms with van der Waals surface area (Å²) in [5, 5.41) is 3.50. The third-order valence-electron chi connectivity index (χ3n) is 3.56. The Labute approximate surface area is 132 Å². The number of anilines is 1. The van der Waals surface area contributed by atoms with Gasteiger partial charge < -0.3 is 5.32 Å². The minimum absolute atomic E-state index is 0.258. The Bertz CT molecular complexity index is 634. The fourth-order valence-corrected chi connectivity index (χ4v) is 3.83. The molecular weight excluding hydrogens is 334 g/mol. The van der Waals surface area contributed by atoms with Crippen LogP contribution in [-0.4, -0.2) is 9.97 Å².